The lowest BCUT2D eigenvalue weighted by molar-refractivity contribution is -0.137. The van der Waals surface area contributed by atoms with Crippen molar-refractivity contribution in [2.75, 3.05) is 14.2 Å². The molecule has 0 unspecified atom stereocenters. The summed E-state index contributed by atoms with van der Waals surface area (Å²) in [6, 6.07) is 17.7. The number of allylic oxidation sites excluding steroid dienone is 2. The van der Waals surface area contributed by atoms with Crippen LogP contribution in [0.2, 0.25) is 0 Å². The van der Waals surface area contributed by atoms with Gasteiger partial charge in [-0.2, -0.15) is 0 Å². The number of benzene rings is 3. The maximum absolute atomic E-state index is 14.9. The average Bonchev–Trinajstić information content (AvgIpc) is 3.58. The lowest BCUT2D eigenvalue weighted by Gasteiger charge is -2.25. The summed E-state index contributed by atoms with van der Waals surface area (Å²) >= 11 is 0. The zero-order valence-corrected chi connectivity index (χ0v) is 25.0. The molecule has 2 aliphatic carbocycles. The molecule has 0 amide bonds. The van der Waals surface area contributed by atoms with Crippen LogP contribution < -0.4 is 9.47 Å². The lowest BCUT2D eigenvalue weighted by Crippen LogP contribution is -2.10. The first-order valence-corrected chi connectivity index (χ1v) is 14.2. The van der Waals surface area contributed by atoms with E-state index in [1.807, 2.05) is 26.0 Å². The van der Waals surface area contributed by atoms with E-state index >= 15 is 0 Å². The number of methoxy groups -OCH3 is 2. The molecule has 0 aliphatic heterocycles. The quantitative estimate of drug-likeness (QED) is 0.290. The van der Waals surface area contributed by atoms with E-state index in [-0.39, 0.29) is 17.2 Å². The molecule has 0 N–H and O–H groups in total. The molecule has 3 aromatic carbocycles. The fourth-order valence-corrected chi connectivity index (χ4v) is 5.24. The van der Waals surface area contributed by atoms with E-state index in [0.29, 0.717) is 17.9 Å². The molecule has 0 saturated carbocycles. The van der Waals surface area contributed by atoms with Crippen LogP contribution in [-0.2, 0) is 29.0 Å². The monoisotopic (exact) mass is 546 g/mol. The van der Waals surface area contributed by atoms with Crippen molar-refractivity contribution in [3.05, 3.63) is 88.7 Å². The van der Waals surface area contributed by atoms with E-state index in [1.54, 1.807) is 19.2 Å². The summed E-state index contributed by atoms with van der Waals surface area (Å²) in [6.07, 6.45) is 7.99. The van der Waals surface area contributed by atoms with E-state index < -0.39 is 0 Å². The molecule has 214 valence electrons. The molecule has 0 radical (unpaired) electrons. The number of aryl methyl sites for hydroxylation is 2. The smallest absolute Gasteiger partial charge is 0.302 e. The van der Waals surface area contributed by atoms with Gasteiger partial charge in [-0.15, -0.1) is 0 Å². The highest BCUT2D eigenvalue weighted by Gasteiger charge is 2.30. The molecule has 3 aromatic rings. The van der Waals surface area contributed by atoms with Crippen molar-refractivity contribution < 1.29 is 23.4 Å². The predicted octanol–water partition coefficient (Wildman–Crippen LogP) is 8.98. The van der Waals surface area contributed by atoms with Crippen LogP contribution >= 0.6 is 0 Å². The zero-order chi connectivity index (χ0) is 29.3. The minimum absolute atomic E-state index is 0.0452. The van der Waals surface area contributed by atoms with Crippen LogP contribution in [0.1, 0.15) is 76.1 Å². The van der Waals surface area contributed by atoms with Crippen molar-refractivity contribution in [2.45, 2.75) is 73.3 Å². The van der Waals surface area contributed by atoms with Gasteiger partial charge in [0.25, 0.3) is 0 Å². The molecule has 5 heteroatoms. The fourth-order valence-electron chi connectivity index (χ4n) is 5.24. The molecule has 2 aliphatic rings. The van der Waals surface area contributed by atoms with Gasteiger partial charge in [0.15, 0.2) is 0 Å². The standard InChI is InChI=1S/C30H31FO2.C3H6O2.C2H6/c1-30(2)15-5-8-28(30)26-16-20(19-33-24-11-10-21-6-4-7-22(21)17-24)9-13-25(26)27-18-23(32-3)12-14-29(27)31;1-3(4)5-2;1-2/h8-14,16-18H,4-7,15,19H2,1-3H3;1-2H3;1-2H3. The summed E-state index contributed by atoms with van der Waals surface area (Å²) < 4.78 is 30.6. The summed E-state index contributed by atoms with van der Waals surface area (Å²) in [6.45, 7) is 10.4. The highest BCUT2D eigenvalue weighted by molar-refractivity contribution is 5.85. The van der Waals surface area contributed by atoms with Crippen LogP contribution in [0.5, 0.6) is 11.5 Å². The molecule has 5 rings (SSSR count). The van der Waals surface area contributed by atoms with E-state index in [2.05, 4.69) is 48.9 Å². The topological polar surface area (TPSA) is 44.8 Å². The van der Waals surface area contributed by atoms with Gasteiger partial charge >= 0.3 is 5.97 Å². The molecule has 0 heterocycles. The number of fused-ring (bicyclic) bond motifs is 1. The normalized spacial score (nSPS) is 14.6. The Hall–Kier alpha value is -3.60. The van der Waals surface area contributed by atoms with Crippen molar-refractivity contribution >= 4 is 11.5 Å². The summed E-state index contributed by atoms with van der Waals surface area (Å²) in [7, 11) is 2.96. The second-order valence-electron chi connectivity index (χ2n) is 10.5. The second-order valence-corrected chi connectivity index (χ2v) is 10.5. The molecule has 0 aromatic heterocycles. The van der Waals surface area contributed by atoms with Gasteiger partial charge in [-0.25, -0.2) is 4.39 Å². The van der Waals surface area contributed by atoms with Crippen molar-refractivity contribution in [1.82, 2.24) is 0 Å². The first-order chi connectivity index (χ1) is 19.2. The Morgan fingerprint density at radius 3 is 2.23 bits per heavy atom. The van der Waals surface area contributed by atoms with Gasteiger partial charge in [0, 0.05) is 12.5 Å². The minimum atomic E-state index is -0.245. The van der Waals surface area contributed by atoms with E-state index in [9.17, 15) is 9.18 Å². The number of esters is 1. The molecule has 0 bridgehead atoms. The van der Waals surface area contributed by atoms with Crippen LogP contribution in [0.3, 0.4) is 0 Å². The number of rotatable bonds is 6. The molecule has 40 heavy (non-hydrogen) atoms. The number of hydrogen-bond acceptors (Lipinski definition) is 4. The molecule has 0 fully saturated rings. The maximum Gasteiger partial charge on any atom is 0.302 e. The highest BCUT2D eigenvalue weighted by atomic mass is 19.1. The van der Waals surface area contributed by atoms with Crippen molar-refractivity contribution in [3.8, 4) is 22.6 Å². The number of halogens is 1. The van der Waals surface area contributed by atoms with Gasteiger partial charge in [0.05, 0.1) is 14.2 Å². The molecule has 0 saturated heterocycles. The largest absolute Gasteiger partial charge is 0.497 e. The second kappa shape index (κ2) is 14.2. The highest BCUT2D eigenvalue weighted by Crippen LogP contribution is 2.47. The first kappa shape index (κ1) is 30.9. The molecule has 4 nitrogen and oxygen atoms in total. The molecular weight excluding hydrogens is 503 g/mol. The van der Waals surface area contributed by atoms with Crippen molar-refractivity contribution in [2.24, 2.45) is 5.41 Å². The van der Waals surface area contributed by atoms with Gasteiger partial charge in [-0.05, 0) is 107 Å². The van der Waals surface area contributed by atoms with Crippen molar-refractivity contribution in [1.29, 1.82) is 0 Å². The average molecular weight is 547 g/mol. The summed E-state index contributed by atoms with van der Waals surface area (Å²) in [5.41, 5.74) is 7.82. The summed E-state index contributed by atoms with van der Waals surface area (Å²) in [5.74, 6) is 1.09. The fraction of sp³-hybridized carbons (Fsp3) is 0.400. The molecular formula is C35H43FO4. The van der Waals surface area contributed by atoms with E-state index in [1.165, 1.54) is 49.6 Å². The number of hydrogen-bond donors (Lipinski definition) is 0. The predicted molar refractivity (Wildman–Crippen MR) is 161 cm³/mol. The van der Waals surface area contributed by atoms with Gasteiger partial charge in [-0.3, -0.25) is 4.79 Å². The van der Waals surface area contributed by atoms with Crippen LogP contribution in [0.15, 0.2) is 60.7 Å². The van der Waals surface area contributed by atoms with E-state index in [4.69, 9.17) is 9.47 Å². The third-order valence-corrected chi connectivity index (χ3v) is 7.45. The Bertz CT molecular complexity index is 1340. The van der Waals surface area contributed by atoms with E-state index in [0.717, 1.165) is 41.7 Å². The van der Waals surface area contributed by atoms with Crippen LogP contribution in [0.4, 0.5) is 4.39 Å². The zero-order valence-electron chi connectivity index (χ0n) is 25.0. The van der Waals surface area contributed by atoms with Gasteiger partial charge in [0.1, 0.15) is 23.9 Å². The molecule has 0 spiro atoms. The SMILES string of the molecule is CC.COC(C)=O.COc1ccc(F)c(-c2ccc(COc3ccc4c(c3)CCC4)cc2C2=CCCC2(C)C)c1. The Morgan fingerprint density at radius 1 is 0.875 bits per heavy atom. The Balaban J connectivity index is 0.000000570. The van der Waals surface area contributed by atoms with Crippen LogP contribution in [0.25, 0.3) is 16.7 Å². The Kier molecular flexibility index (Phi) is 10.9. The van der Waals surface area contributed by atoms with Gasteiger partial charge < -0.3 is 14.2 Å². The van der Waals surface area contributed by atoms with Crippen LogP contribution in [-0.4, -0.2) is 20.2 Å². The number of carbonyl (C=O) groups is 1. The van der Waals surface area contributed by atoms with Gasteiger partial charge in [-0.1, -0.05) is 52.0 Å². The third kappa shape index (κ3) is 7.53. The summed E-state index contributed by atoms with van der Waals surface area (Å²) in [5, 5.41) is 0. The summed E-state index contributed by atoms with van der Waals surface area (Å²) in [4.78, 5) is 9.59. The van der Waals surface area contributed by atoms with Crippen molar-refractivity contribution in [3.63, 3.8) is 0 Å². The maximum atomic E-state index is 14.9. The Morgan fingerprint density at radius 2 is 1.57 bits per heavy atom. The minimum Gasteiger partial charge on any atom is -0.497 e. The Labute approximate surface area is 239 Å². The third-order valence-electron chi connectivity index (χ3n) is 7.45. The lowest BCUT2D eigenvalue weighted by atomic mass is 9.79. The number of carbonyl (C=O) groups excluding carboxylic acids is 1. The van der Waals surface area contributed by atoms with Crippen LogP contribution in [0, 0.1) is 11.2 Å². The molecule has 0 atom stereocenters. The van der Waals surface area contributed by atoms with Gasteiger partial charge in [0.2, 0.25) is 0 Å². The number of ether oxygens (including phenoxy) is 3. The first-order valence-electron chi connectivity index (χ1n) is 14.2.